The fourth-order valence-electron chi connectivity index (χ4n) is 1.25. The van der Waals surface area contributed by atoms with Gasteiger partial charge >= 0.3 is 5.97 Å². The van der Waals surface area contributed by atoms with Crippen molar-refractivity contribution in [2.24, 2.45) is 5.73 Å². The molecule has 3 N–H and O–H groups in total. The zero-order valence-electron chi connectivity index (χ0n) is 8.49. The molecule has 0 saturated heterocycles. The number of benzene rings is 1. The summed E-state index contributed by atoms with van der Waals surface area (Å²) in [6.07, 6.45) is -0.0604. The second-order valence-corrected chi connectivity index (χ2v) is 3.50. The standard InChI is InChI=1S/C10H10ClNO4/c1-16-8-2-5(3-9(12)13)7(11)4-6(8)10(14)15/h2,4H,3H2,1H3,(H2,12,13)(H,14,15). The topological polar surface area (TPSA) is 89.6 Å². The van der Waals surface area contributed by atoms with Crippen LogP contribution in [0.15, 0.2) is 12.1 Å². The number of aromatic carboxylic acids is 1. The molecule has 1 rings (SSSR count). The Kier molecular flexibility index (Phi) is 3.73. The van der Waals surface area contributed by atoms with Crippen molar-refractivity contribution in [2.45, 2.75) is 6.42 Å². The number of ether oxygens (including phenoxy) is 1. The summed E-state index contributed by atoms with van der Waals surface area (Å²) < 4.78 is 4.89. The minimum Gasteiger partial charge on any atom is -0.496 e. The smallest absolute Gasteiger partial charge is 0.339 e. The van der Waals surface area contributed by atoms with Gasteiger partial charge in [-0.1, -0.05) is 11.6 Å². The summed E-state index contributed by atoms with van der Waals surface area (Å²) in [7, 11) is 1.34. The van der Waals surface area contributed by atoms with Crippen LogP contribution in [-0.4, -0.2) is 24.1 Å². The van der Waals surface area contributed by atoms with Gasteiger partial charge < -0.3 is 15.6 Å². The lowest BCUT2D eigenvalue weighted by molar-refractivity contribution is -0.117. The normalized spacial score (nSPS) is 9.88. The third kappa shape index (κ3) is 2.64. The molecule has 0 unspecified atom stereocenters. The van der Waals surface area contributed by atoms with Gasteiger partial charge in [-0.2, -0.15) is 0 Å². The quantitative estimate of drug-likeness (QED) is 0.828. The van der Waals surface area contributed by atoms with E-state index < -0.39 is 11.9 Å². The minimum atomic E-state index is -1.15. The monoisotopic (exact) mass is 243 g/mol. The maximum absolute atomic E-state index is 10.8. The maximum atomic E-state index is 10.8. The highest BCUT2D eigenvalue weighted by molar-refractivity contribution is 6.32. The predicted molar refractivity (Wildman–Crippen MR) is 57.9 cm³/mol. The van der Waals surface area contributed by atoms with Crippen LogP contribution in [0.5, 0.6) is 5.75 Å². The second kappa shape index (κ2) is 4.85. The van der Waals surface area contributed by atoms with Crippen molar-refractivity contribution in [3.05, 3.63) is 28.3 Å². The molecule has 1 aromatic carbocycles. The zero-order valence-corrected chi connectivity index (χ0v) is 9.25. The van der Waals surface area contributed by atoms with E-state index >= 15 is 0 Å². The van der Waals surface area contributed by atoms with Gasteiger partial charge in [-0.05, 0) is 17.7 Å². The number of carbonyl (C=O) groups excluding carboxylic acids is 1. The number of methoxy groups -OCH3 is 1. The summed E-state index contributed by atoms with van der Waals surface area (Å²) in [6, 6.07) is 2.64. The van der Waals surface area contributed by atoms with Gasteiger partial charge in [0.1, 0.15) is 11.3 Å². The number of hydrogen-bond donors (Lipinski definition) is 2. The lowest BCUT2D eigenvalue weighted by Crippen LogP contribution is -2.14. The molecule has 0 atom stereocenters. The van der Waals surface area contributed by atoms with E-state index in [1.165, 1.54) is 19.2 Å². The van der Waals surface area contributed by atoms with E-state index in [2.05, 4.69) is 0 Å². The van der Waals surface area contributed by atoms with Crippen molar-refractivity contribution in [1.82, 2.24) is 0 Å². The first-order chi connectivity index (χ1) is 7.45. The number of halogens is 1. The van der Waals surface area contributed by atoms with Crippen LogP contribution in [0.25, 0.3) is 0 Å². The number of carbonyl (C=O) groups is 2. The minimum absolute atomic E-state index is 0.0549. The van der Waals surface area contributed by atoms with Gasteiger partial charge in [0.2, 0.25) is 5.91 Å². The molecule has 0 fully saturated rings. The fraction of sp³-hybridized carbons (Fsp3) is 0.200. The molecular weight excluding hydrogens is 234 g/mol. The van der Waals surface area contributed by atoms with Gasteiger partial charge in [0.05, 0.1) is 13.5 Å². The van der Waals surface area contributed by atoms with E-state index in [0.717, 1.165) is 0 Å². The van der Waals surface area contributed by atoms with E-state index in [1.54, 1.807) is 0 Å². The van der Waals surface area contributed by atoms with Crippen molar-refractivity contribution in [2.75, 3.05) is 7.11 Å². The van der Waals surface area contributed by atoms with E-state index in [0.29, 0.717) is 5.56 Å². The Morgan fingerprint density at radius 1 is 1.50 bits per heavy atom. The van der Waals surface area contributed by atoms with Gasteiger partial charge in [0, 0.05) is 5.02 Å². The summed E-state index contributed by atoms with van der Waals surface area (Å²) in [5, 5.41) is 9.04. The van der Waals surface area contributed by atoms with E-state index in [1.807, 2.05) is 0 Å². The molecule has 0 spiro atoms. The van der Waals surface area contributed by atoms with Crippen LogP contribution in [0.2, 0.25) is 5.02 Å². The maximum Gasteiger partial charge on any atom is 0.339 e. The van der Waals surface area contributed by atoms with Gasteiger partial charge in [-0.25, -0.2) is 4.79 Å². The Balaban J connectivity index is 3.25. The molecular formula is C10H10ClNO4. The van der Waals surface area contributed by atoms with E-state index in [9.17, 15) is 9.59 Å². The molecule has 6 heteroatoms. The summed E-state index contributed by atoms with van der Waals surface area (Å²) in [5.74, 6) is -1.55. The van der Waals surface area contributed by atoms with Gasteiger partial charge in [-0.15, -0.1) is 0 Å². The highest BCUT2D eigenvalue weighted by Crippen LogP contribution is 2.27. The molecule has 0 radical (unpaired) electrons. The van der Waals surface area contributed by atoms with Gasteiger partial charge in [0.15, 0.2) is 0 Å². The molecule has 5 nitrogen and oxygen atoms in total. The third-order valence-electron chi connectivity index (χ3n) is 1.96. The molecule has 0 saturated carbocycles. The fourth-order valence-corrected chi connectivity index (χ4v) is 1.49. The number of nitrogens with two attached hydrogens (primary N) is 1. The van der Waals surface area contributed by atoms with Crippen LogP contribution in [0.3, 0.4) is 0 Å². The first kappa shape index (κ1) is 12.3. The SMILES string of the molecule is COc1cc(CC(N)=O)c(Cl)cc1C(=O)O. The molecule has 0 aliphatic heterocycles. The summed E-state index contributed by atoms with van der Waals surface area (Å²) in [4.78, 5) is 21.6. The molecule has 86 valence electrons. The number of carboxylic acids is 1. The Morgan fingerprint density at radius 2 is 2.12 bits per heavy atom. The van der Waals surface area contributed by atoms with Crippen molar-refractivity contribution < 1.29 is 19.4 Å². The van der Waals surface area contributed by atoms with Crippen molar-refractivity contribution in [3.8, 4) is 5.75 Å². The molecule has 0 heterocycles. The molecule has 0 aromatic heterocycles. The third-order valence-corrected chi connectivity index (χ3v) is 2.32. The Hall–Kier alpha value is -1.75. The summed E-state index contributed by atoms with van der Waals surface area (Å²) in [6.45, 7) is 0. The second-order valence-electron chi connectivity index (χ2n) is 3.09. The molecule has 1 aromatic rings. The lowest BCUT2D eigenvalue weighted by atomic mass is 10.1. The van der Waals surface area contributed by atoms with Crippen LogP contribution in [-0.2, 0) is 11.2 Å². The van der Waals surface area contributed by atoms with Crippen LogP contribution in [0.4, 0.5) is 0 Å². The van der Waals surface area contributed by atoms with Crippen molar-refractivity contribution >= 4 is 23.5 Å². The summed E-state index contributed by atoms with van der Waals surface area (Å²) in [5.41, 5.74) is 5.41. The zero-order chi connectivity index (χ0) is 12.3. The number of amides is 1. The van der Waals surface area contributed by atoms with Crippen LogP contribution >= 0.6 is 11.6 Å². The average molecular weight is 244 g/mol. The largest absolute Gasteiger partial charge is 0.496 e. The summed E-state index contributed by atoms with van der Waals surface area (Å²) >= 11 is 5.82. The number of primary amides is 1. The Labute approximate surface area is 96.8 Å². The predicted octanol–water partition coefficient (Wildman–Crippen LogP) is 1.07. The molecule has 0 aliphatic carbocycles. The number of rotatable bonds is 4. The van der Waals surface area contributed by atoms with Crippen LogP contribution in [0, 0.1) is 0 Å². The first-order valence-corrected chi connectivity index (χ1v) is 4.71. The van der Waals surface area contributed by atoms with Crippen molar-refractivity contribution in [3.63, 3.8) is 0 Å². The van der Waals surface area contributed by atoms with Crippen molar-refractivity contribution in [1.29, 1.82) is 0 Å². The number of carboxylic acid groups (broad SMARTS) is 1. The number of hydrogen-bond acceptors (Lipinski definition) is 3. The van der Waals surface area contributed by atoms with Crippen LogP contribution < -0.4 is 10.5 Å². The first-order valence-electron chi connectivity index (χ1n) is 4.33. The Morgan fingerprint density at radius 3 is 2.56 bits per heavy atom. The highest BCUT2D eigenvalue weighted by Gasteiger charge is 2.15. The van der Waals surface area contributed by atoms with E-state index in [4.69, 9.17) is 27.2 Å². The Bertz CT molecular complexity index is 445. The van der Waals surface area contributed by atoms with Gasteiger partial charge in [0.25, 0.3) is 0 Å². The molecule has 16 heavy (non-hydrogen) atoms. The highest BCUT2D eigenvalue weighted by atomic mass is 35.5. The van der Waals surface area contributed by atoms with E-state index in [-0.39, 0.29) is 22.8 Å². The molecule has 1 amide bonds. The van der Waals surface area contributed by atoms with Crippen LogP contribution in [0.1, 0.15) is 15.9 Å². The molecule has 0 bridgehead atoms. The lowest BCUT2D eigenvalue weighted by Gasteiger charge is -2.09. The molecule has 0 aliphatic rings. The van der Waals surface area contributed by atoms with Gasteiger partial charge in [-0.3, -0.25) is 4.79 Å². The average Bonchev–Trinajstić information content (AvgIpc) is 2.19.